The minimum Gasteiger partial charge on any atom is -0.492 e. The molecule has 0 atom stereocenters. The molecule has 4 rings (SSSR count). The van der Waals surface area contributed by atoms with Gasteiger partial charge in [0.05, 0.1) is 18.7 Å². The number of rotatable bonds is 5. The molecule has 0 bridgehead atoms. The van der Waals surface area contributed by atoms with Gasteiger partial charge in [0.2, 0.25) is 0 Å². The summed E-state index contributed by atoms with van der Waals surface area (Å²) in [5.74, 6) is 1.72. The summed E-state index contributed by atoms with van der Waals surface area (Å²) in [5.41, 5.74) is 4.22. The van der Waals surface area contributed by atoms with Gasteiger partial charge in [0.1, 0.15) is 12.4 Å². The van der Waals surface area contributed by atoms with Crippen LogP contribution in [0.5, 0.6) is 5.75 Å². The predicted octanol–water partition coefficient (Wildman–Crippen LogP) is 3.62. The molecule has 0 unspecified atom stereocenters. The van der Waals surface area contributed by atoms with Crippen molar-refractivity contribution in [2.45, 2.75) is 13.8 Å². The van der Waals surface area contributed by atoms with Gasteiger partial charge in [0.15, 0.2) is 5.82 Å². The summed E-state index contributed by atoms with van der Waals surface area (Å²) >= 11 is 0. The second-order valence-corrected chi connectivity index (χ2v) is 6.99. The first-order valence-corrected chi connectivity index (χ1v) is 9.47. The summed E-state index contributed by atoms with van der Waals surface area (Å²) in [7, 11) is 0. The Morgan fingerprint density at radius 2 is 1.81 bits per heavy atom. The van der Waals surface area contributed by atoms with E-state index >= 15 is 0 Å². The van der Waals surface area contributed by atoms with Gasteiger partial charge in [-0.3, -0.25) is 4.90 Å². The fourth-order valence-electron chi connectivity index (χ4n) is 3.52. The number of aromatic nitrogens is 2. The SMILES string of the molecule is Cc1cc(-c2ncc3ccccc3n2)cc(C)c1OCCN1CCOCC1. The number of morpholine rings is 1. The second-order valence-electron chi connectivity index (χ2n) is 6.99. The smallest absolute Gasteiger partial charge is 0.159 e. The van der Waals surface area contributed by atoms with Crippen molar-refractivity contribution >= 4 is 10.9 Å². The first-order chi connectivity index (χ1) is 13.2. The van der Waals surface area contributed by atoms with Crippen LogP contribution in [-0.2, 0) is 4.74 Å². The highest BCUT2D eigenvalue weighted by atomic mass is 16.5. The van der Waals surface area contributed by atoms with Crippen LogP contribution in [0.25, 0.3) is 22.3 Å². The van der Waals surface area contributed by atoms with Gasteiger partial charge in [0.25, 0.3) is 0 Å². The number of benzene rings is 2. The lowest BCUT2D eigenvalue weighted by molar-refractivity contribution is 0.0322. The monoisotopic (exact) mass is 363 g/mol. The summed E-state index contributed by atoms with van der Waals surface area (Å²) in [5, 5.41) is 1.05. The number of para-hydroxylation sites is 1. The number of aryl methyl sites for hydroxylation is 2. The maximum Gasteiger partial charge on any atom is 0.159 e. The molecule has 0 radical (unpaired) electrons. The highest BCUT2D eigenvalue weighted by Gasteiger charge is 2.13. The van der Waals surface area contributed by atoms with E-state index in [9.17, 15) is 0 Å². The minimum absolute atomic E-state index is 0.688. The summed E-state index contributed by atoms with van der Waals surface area (Å²) < 4.78 is 11.5. The maximum absolute atomic E-state index is 6.11. The second kappa shape index (κ2) is 8.03. The number of fused-ring (bicyclic) bond motifs is 1. The predicted molar refractivity (Wildman–Crippen MR) is 107 cm³/mol. The molecule has 2 aromatic carbocycles. The van der Waals surface area contributed by atoms with Crippen LogP contribution in [0.15, 0.2) is 42.6 Å². The van der Waals surface area contributed by atoms with Gasteiger partial charge in [-0.2, -0.15) is 0 Å². The zero-order valence-electron chi connectivity index (χ0n) is 15.9. The zero-order valence-corrected chi connectivity index (χ0v) is 15.9. The lowest BCUT2D eigenvalue weighted by Gasteiger charge is -2.26. The van der Waals surface area contributed by atoms with Crippen LogP contribution < -0.4 is 4.74 Å². The number of hydrogen-bond acceptors (Lipinski definition) is 5. The standard InChI is InChI=1S/C22H25N3O2/c1-16-13-19(22-23-15-18-5-3-4-6-20(18)24-22)14-17(2)21(16)27-12-9-25-7-10-26-11-8-25/h3-6,13-15H,7-12H2,1-2H3. The molecule has 2 heterocycles. The molecule has 5 nitrogen and oxygen atoms in total. The van der Waals surface area contributed by atoms with Gasteiger partial charge in [-0.1, -0.05) is 18.2 Å². The largest absolute Gasteiger partial charge is 0.492 e. The Bertz CT molecular complexity index is 913. The van der Waals surface area contributed by atoms with E-state index in [2.05, 4.69) is 35.9 Å². The lowest BCUT2D eigenvalue weighted by Crippen LogP contribution is -2.38. The van der Waals surface area contributed by atoms with Crippen molar-refractivity contribution in [2.24, 2.45) is 0 Å². The molecule has 0 amide bonds. The number of hydrogen-bond donors (Lipinski definition) is 0. The van der Waals surface area contributed by atoms with Gasteiger partial charge in [-0.05, 0) is 43.2 Å². The lowest BCUT2D eigenvalue weighted by atomic mass is 10.0. The van der Waals surface area contributed by atoms with Crippen LogP contribution in [-0.4, -0.2) is 54.3 Å². The van der Waals surface area contributed by atoms with Crippen molar-refractivity contribution in [1.82, 2.24) is 14.9 Å². The van der Waals surface area contributed by atoms with E-state index in [4.69, 9.17) is 14.5 Å². The highest BCUT2D eigenvalue weighted by Crippen LogP contribution is 2.29. The zero-order chi connectivity index (χ0) is 18.6. The fraction of sp³-hybridized carbons (Fsp3) is 0.364. The van der Waals surface area contributed by atoms with Gasteiger partial charge in [0, 0.05) is 36.8 Å². The fourth-order valence-corrected chi connectivity index (χ4v) is 3.52. The summed E-state index contributed by atoms with van der Waals surface area (Å²) in [6, 6.07) is 12.3. The van der Waals surface area contributed by atoms with E-state index in [1.54, 1.807) is 0 Å². The Labute approximate surface area is 160 Å². The van der Waals surface area contributed by atoms with Crippen LogP contribution in [0.2, 0.25) is 0 Å². The molecule has 1 aromatic heterocycles. The third-order valence-corrected chi connectivity index (χ3v) is 4.97. The molecule has 3 aromatic rings. The quantitative estimate of drug-likeness (QED) is 0.693. The Hall–Kier alpha value is -2.50. The molecule has 1 saturated heterocycles. The van der Waals surface area contributed by atoms with Gasteiger partial charge >= 0.3 is 0 Å². The normalized spacial score (nSPS) is 15.2. The van der Waals surface area contributed by atoms with Gasteiger partial charge < -0.3 is 9.47 Å². The average Bonchev–Trinajstić information content (AvgIpc) is 2.70. The molecule has 27 heavy (non-hydrogen) atoms. The van der Waals surface area contributed by atoms with Crippen LogP contribution in [0, 0.1) is 13.8 Å². The first-order valence-electron chi connectivity index (χ1n) is 9.47. The van der Waals surface area contributed by atoms with E-state index in [1.165, 1.54) is 0 Å². The molecule has 1 fully saturated rings. The molecule has 0 saturated carbocycles. The van der Waals surface area contributed by atoms with Crippen molar-refractivity contribution in [3.63, 3.8) is 0 Å². The molecule has 140 valence electrons. The van der Waals surface area contributed by atoms with Crippen LogP contribution in [0.1, 0.15) is 11.1 Å². The Morgan fingerprint density at radius 3 is 2.59 bits per heavy atom. The van der Waals surface area contributed by atoms with Crippen molar-refractivity contribution in [3.05, 3.63) is 53.7 Å². The number of ether oxygens (including phenoxy) is 2. The molecule has 1 aliphatic heterocycles. The van der Waals surface area contributed by atoms with Crippen molar-refractivity contribution in [2.75, 3.05) is 39.5 Å². The van der Waals surface area contributed by atoms with Crippen LogP contribution in [0.3, 0.4) is 0 Å². The van der Waals surface area contributed by atoms with Gasteiger partial charge in [-0.25, -0.2) is 9.97 Å². The first kappa shape index (κ1) is 17.9. The Kier molecular flexibility index (Phi) is 5.32. The summed E-state index contributed by atoms with van der Waals surface area (Å²) in [6.07, 6.45) is 1.88. The molecular weight excluding hydrogens is 338 g/mol. The van der Waals surface area contributed by atoms with E-state index in [1.807, 2.05) is 30.5 Å². The number of nitrogens with zero attached hydrogens (tertiary/aromatic N) is 3. The molecule has 0 aliphatic carbocycles. The van der Waals surface area contributed by atoms with Crippen LogP contribution in [0.4, 0.5) is 0 Å². The van der Waals surface area contributed by atoms with E-state index in [-0.39, 0.29) is 0 Å². The molecule has 0 spiro atoms. The molecule has 1 aliphatic rings. The summed E-state index contributed by atoms with van der Waals surface area (Å²) in [6.45, 7) is 9.39. The summed E-state index contributed by atoms with van der Waals surface area (Å²) in [4.78, 5) is 11.6. The van der Waals surface area contributed by atoms with Gasteiger partial charge in [-0.15, -0.1) is 0 Å². The minimum atomic E-state index is 0.688. The van der Waals surface area contributed by atoms with Crippen molar-refractivity contribution < 1.29 is 9.47 Å². The highest BCUT2D eigenvalue weighted by molar-refractivity contribution is 5.79. The van der Waals surface area contributed by atoms with Crippen molar-refractivity contribution in [3.8, 4) is 17.1 Å². The molecular formula is C22H25N3O2. The third kappa shape index (κ3) is 4.10. The van der Waals surface area contributed by atoms with E-state index in [0.717, 1.165) is 72.0 Å². The molecule has 5 heteroatoms. The maximum atomic E-state index is 6.11. The topological polar surface area (TPSA) is 47.5 Å². The van der Waals surface area contributed by atoms with Crippen LogP contribution >= 0.6 is 0 Å². The average molecular weight is 363 g/mol. The Balaban J connectivity index is 1.50. The van der Waals surface area contributed by atoms with E-state index < -0.39 is 0 Å². The van der Waals surface area contributed by atoms with E-state index in [0.29, 0.717) is 6.61 Å². The van der Waals surface area contributed by atoms with Crippen molar-refractivity contribution in [1.29, 1.82) is 0 Å². The molecule has 0 N–H and O–H groups in total. The Morgan fingerprint density at radius 1 is 1.07 bits per heavy atom. The third-order valence-electron chi connectivity index (χ3n) is 4.97.